The minimum Gasteiger partial charge on any atom is -0.397 e. The normalized spacial score (nSPS) is 23.2. The van der Waals surface area contributed by atoms with E-state index in [1.54, 1.807) is 12.3 Å². The van der Waals surface area contributed by atoms with Crippen LogP contribution in [0.25, 0.3) is 0 Å². The van der Waals surface area contributed by atoms with Crippen molar-refractivity contribution in [1.29, 1.82) is 0 Å². The quantitative estimate of drug-likeness (QED) is 0.746. The van der Waals surface area contributed by atoms with Crippen LogP contribution in [0.5, 0.6) is 0 Å². The summed E-state index contributed by atoms with van der Waals surface area (Å²) >= 11 is 0. The highest BCUT2D eigenvalue weighted by molar-refractivity contribution is 5.93. The molecule has 1 saturated carbocycles. The summed E-state index contributed by atoms with van der Waals surface area (Å²) in [5.74, 6) is 0.307. The fourth-order valence-corrected chi connectivity index (χ4v) is 2.55. The standard InChI is InChI=1S/C13H21N3O2/c1-2-16-8-10(14)6-12(16)13(18)15-7-9-3-4-11(17)5-9/h6,8-9,11,17H,2-5,7,14H2,1H3,(H,15,18). The van der Waals surface area contributed by atoms with Gasteiger partial charge in [-0.25, -0.2) is 0 Å². The summed E-state index contributed by atoms with van der Waals surface area (Å²) < 4.78 is 1.84. The van der Waals surface area contributed by atoms with Gasteiger partial charge >= 0.3 is 0 Å². The number of aromatic nitrogens is 1. The maximum Gasteiger partial charge on any atom is 0.267 e. The van der Waals surface area contributed by atoms with Crippen LogP contribution in [0.2, 0.25) is 0 Å². The predicted molar refractivity (Wildman–Crippen MR) is 70.2 cm³/mol. The van der Waals surface area contributed by atoms with Crippen molar-refractivity contribution in [2.24, 2.45) is 5.92 Å². The Balaban J connectivity index is 1.91. The van der Waals surface area contributed by atoms with Crippen LogP contribution in [0, 0.1) is 5.92 Å². The van der Waals surface area contributed by atoms with Gasteiger partial charge in [0, 0.05) is 19.3 Å². The predicted octanol–water partition coefficient (Wildman–Crippen LogP) is 0.981. The molecule has 0 aromatic carbocycles. The molecule has 2 unspecified atom stereocenters. The zero-order chi connectivity index (χ0) is 13.1. The monoisotopic (exact) mass is 251 g/mol. The largest absolute Gasteiger partial charge is 0.397 e. The molecule has 0 bridgehead atoms. The van der Waals surface area contributed by atoms with Gasteiger partial charge in [-0.15, -0.1) is 0 Å². The highest BCUT2D eigenvalue weighted by Crippen LogP contribution is 2.24. The highest BCUT2D eigenvalue weighted by Gasteiger charge is 2.23. The molecule has 1 fully saturated rings. The van der Waals surface area contributed by atoms with Crippen LogP contribution in [0.3, 0.4) is 0 Å². The molecule has 1 aliphatic rings. The SMILES string of the molecule is CCn1cc(N)cc1C(=O)NCC1CCC(O)C1. The summed E-state index contributed by atoms with van der Waals surface area (Å²) in [6.45, 7) is 3.33. The average Bonchev–Trinajstić information content (AvgIpc) is 2.92. The summed E-state index contributed by atoms with van der Waals surface area (Å²) in [5.41, 5.74) is 6.91. The van der Waals surface area contributed by atoms with Crippen molar-refractivity contribution < 1.29 is 9.90 Å². The Kier molecular flexibility index (Phi) is 3.91. The average molecular weight is 251 g/mol. The van der Waals surface area contributed by atoms with E-state index in [0.29, 0.717) is 23.8 Å². The summed E-state index contributed by atoms with van der Waals surface area (Å²) in [7, 11) is 0. The molecule has 1 heterocycles. The molecule has 100 valence electrons. The number of hydrogen-bond acceptors (Lipinski definition) is 3. The van der Waals surface area contributed by atoms with Gasteiger partial charge in [-0.2, -0.15) is 0 Å². The topological polar surface area (TPSA) is 80.3 Å². The maximum absolute atomic E-state index is 12.0. The molecule has 18 heavy (non-hydrogen) atoms. The number of hydrogen-bond donors (Lipinski definition) is 3. The van der Waals surface area contributed by atoms with Crippen molar-refractivity contribution >= 4 is 11.6 Å². The third kappa shape index (κ3) is 2.85. The summed E-state index contributed by atoms with van der Waals surface area (Å²) in [5, 5.41) is 12.4. The Bertz CT molecular complexity index is 428. The lowest BCUT2D eigenvalue weighted by Gasteiger charge is -2.11. The van der Waals surface area contributed by atoms with Gasteiger partial charge in [-0.3, -0.25) is 4.79 Å². The molecule has 2 rings (SSSR count). The van der Waals surface area contributed by atoms with Crippen LogP contribution >= 0.6 is 0 Å². The van der Waals surface area contributed by atoms with Crippen LogP contribution < -0.4 is 11.1 Å². The number of aliphatic hydroxyl groups is 1. The van der Waals surface area contributed by atoms with E-state index >= 15 is 0 Å². The number of carbonyl (C=O) groups excluding carboxylic acids is 1. The van der Waals surface area contributed by atoms with Crippen LogP contribution in [0.1, 0.15) is 36.7 Å². The number of nitrogens with one attached hydrogen (secondary N) is 1. The lowest BCUT2D eigenvalue weighted by molar-refractivity contribution is 0.0936. The molecule has 1 aliphatic carbocycles. The van der Waals surface area contributed by atoms with Crippen LogP contribution in [-0.2, 0) is 6.54 Å². The molecule has 0 radical (unpaired) electrons. The van der Waals surface area contributed by atoms with E-state index in [1.165, 1.54) is 0 Å². The number of aliphatic hydroxyl groups excluding tert-OH is 1. The summed E-state index contributed by atoms with van der Waals surface area (Å²) in [6.07, 6.45) is 4.20. The first-order valence-electron chi connectivity index (χ1n) is 6.52. The molecule has 1 amide bonds. The Morgan fingerprint density at radius 2 is 2.39 bits per heavy atom. The van der Waals surface area contributed by atoms with Gasteiger partial charge in [0.2, 0.25) is 0 Å². The van der Waals surface area contributed by atoms with E-state index in [2.05, 4.69) is 5.32 Å². The van der Waals surface area contributed by atoms with Crippen molar-refractivity contribution in [3.8, 4) is 0 Å². The van der Waals surface area contributed by atoms with Crippen molar-refractivity contribution in [1.82, 2.24) is 9.88 Å². The number of anilines is 1. The number of nitrogens with two attached hydrogens (primary N) is 1. The molecule has 5 nitrogen and oxygen atoms in total. The molecule has 0 aliphatic heterocycles. The second-order valence-corrected chi connectivity index (χ2v) is 4.99. The Morgan fingerprint density at radius 3 is 3.00 bits per heavy atom. The van der Waals surface area contributed by atoms with Crippen LogP contribution in [0.4, 0.5) is 5.69 Å². The molecule has 5 heteroatoms. The van der Waals surface area contributed by atoms with Crippen molar-refractivity contribution in [2.75, 3.05) is 12.3 Å². The number of rotatable bonds is 4. The third-order valence-corrected chi connectivity index (χ3v) is 3.56. The Labute approximate surface area is 107 Å². The second-order valence-electron chi connectivity index (χ2n) is 4.99. The fourth-order valence-electron chi connectivity index (χ4n) is 2.55. The highest BCUT2D eigenvalue weighted by atomic mass is 16.3. The van der Waals surface area contributed by atoms with E-state index in [1.807, 2.05) is 11.5 Å². The third-order valence-electron chi connectivity index (χ3n) is 3.56. The minimum absolute atomic E-state index is 0.0880. The number of amides is 1. The maximum atomic E-state index is 12.0. The Hall–Kier alpha value is -1.49. The number of carbonyl (C=O) groups is 1. The van der Waals surface area contributed by atoms with E-state index in [4.69, 9.17) is 5.73 Å². The van der Waals surface area contributed by atoms with E-state index < -0.39 is 0 Å². The molecule has 1 aromatic heterocycles. The molecular formula is C13H21N3O2. The van der Waals surface area contributed by atoms with Gasteiger partial charge in [-0.05, 0) is 38.2 Å². The Morgan fingerprint density at radius 1 is 1.61 bits per heavy atom. The zero-order valence-corrected chi connectivity index (χ0v) is 10.7. The van der Waals surface area contributed by atoms with Gasteiger partial charge in [0.1, 0.15) is 5.69 Å². The van der Waals surface area contributed by atoms with Crippen molar-refractivity contribution in [3.63, 3.8) is 0 Å². The molecular weight excluding hydrogens is 230 g/mol. The van der Waals surface area contributed by atoms with Crippen molar-refractivity contribution in [3.05, 3.63) is 18.0 Å². The first-order chi connectivity index (χ1) is 8.60. The molecule has 4 N–H and O–H groups in total. The molecule has 1 aromatic rings. The van der Waals surface area contributed by atoms with Gasteiger partial charge in [0.25, 0.3) is 5.91 Å². The summed E-state index contributed by atoms with van der Waals surface area (Å²) in [4.78, 5) is 12.0. The number of nitrogen functional groups attached to an aromatic ring is 1. The lowest BCUT2D eigenvalue weighted by atomic mass is 10.1. The zero-order valence-electron chi connectivity index (χ0n) is 10.7. The fraction of sp³-hybridized carbons (Fsp3) is 0.615. The molecule has 0 spiro atoms. The molecule has 2 atom stereocenters. The van der Waals surface area contributed by atoms with Crippen molar-refractivity contribution in [2.45, 2.75) is 38.8 Å². The van der Waals surface area contributed by atoms with Gasteiger partial charge in [0.05, 0.1) is 11.8 Å². The molecule has 0 saturated heterocycles. The summed E-state index contributed by atoms with van der Waals surface area (Å²) in [6, 6.07) is 1.70. The van der Waals surface area contributed by atoms with E-state index in [9.17, 15) is 9.90 Å². The van der Waals surface area contributed by atoms with Crippen LogP contribution in [-0.4, -0.2) is 28.2 Å². The van der Waals surface area contributed by atoms with E-state index in [0.717, 1.165) is 25.8 Å². The number of aryl methyl sites for hydroxylation is 1. The second kappa shape index (κ2) is 5.44. The van der Waals surface area contributed by atoms with E-state index in [-0.39, 0.29) is 12.0 Å². The van der Waals surface area contributed by atoms with Gasteiger partial charge in [0.15, 0.2) is 0 Å². The number of nitrogens with zero attached hydrogens (tertiary/aromatic N) is 1. The first kappa shape index (κ1) is 13.0. The van der Waals surface area contributed by atoms with Gasteiger partial charge in [-0.1, -0.05) is 0 Å². The minimum atomic E-state index is -0.193. The van der Waals surface area contributed by atoms with Crippen LogP contribution in [0.15, 0.2) is 12.3 Å². The lowest BCUT2D eigenvalue weighted by Crippen LogP contribution is -2.30. The van der Waals surface area contributed by atoms with Gasteiger partial charge < -0.3 is 20.7 Å². The smallest absolute Gasteiger partial charge is 0.267 e. The first-order valence-corrected chi connectivity index (χ1v) is 6.52.